The van der Waals surface area contributed by atoms with E-state index in [9.17, 15) is 9.90 Å². The lowest BCUT2D eigenvalue weighted by atomic mass is 9.98. The largest absolute Gasteiger partial charge is 0.457 e. The molecule has 0 unspecified atom stereocenters. The Morgan fingerprint density at radius 3 is 2.46 bits per heavy atom. The minimum Gasteiger partial charge on any atom is -0.457 e. The molecule has 2 N–H and O–H groups in total. The van der Waals surface area contributed by atoms with Crippen molar-refractivity contribution in [2.24, 2.45) is 0 Å². The zero-order chi connectivity index (χ0) is 17.7. The molecule has 0 radical (unpaired) electrons. The summed E-state index contributed by atoms with van der Waals surface area (Å²) >= 11 is 0. The van der Waals surface area contributed by atoms with E-state index in [1.54, 1.807) is 69.3 Å². The highest BCUT2D eigenvalue weighted by atomic mass is 16.5. The summed E-state index contributed by atoms with van der Waals surface area (Å²) in [6, 6.07) is 15.5. The van der Waals surface area contributed by atoms with Crippen molar-refractivity contribution in [3.8, 4) is 17.6 Å². The van der Waals surface area contributed by atoms with Gasteiger partial charge in [0.2, 0.25) is 0 Å². The van der Waals surface area contributed by atoms with Crippen LogP contribution in [0.25, 0.3) is 0 Å². The van der Waals surface area contributed by atoms with Crippen molar-refractivity contribution < 1.29 is 14.6 Å². The Labute approximate surface area is 141 Å². The monoisotopic (exact) mass is 324 g/mol. The molecule has 0 bridgehead atoms. The molecular formula is C19H20N2O3. The molecule has 0 aliphatic carbocycles. The number of hydrogen-bond donors (Lipinski definition) is 2. The maximum absolute atomic E-state index is 12.3. The zero-order valence-electron chi connectivity index (χ0n) is 13.9. The molecular weight excluding hydrogens is 304 g/mol. The average molecular weight is 324 g/mol. The lowest BCUT2D eigenvalue weighted by Gasteiger charge is -2.29. The van der Waals surface area contributed by atoms with Gasteiger partial charge in [-0.1, -0.05) is 6.07 Å². The fourth-order valence-corrected chi connectivity index (χ4v) is 1.90. The summed E-state index contributed by atoms with van der Waals surface area (Å²) in [6.45, 7) is 5.14. The molecule has 0 saturated carbocycles. The van der Waals surface area contributed by atoms with Crippen LogP contribution >= 0.6 is 0 Å². The van der Waals surface area contributed by atoms with Crippen molar-refractivity contribution in [2.45, 2.75) is 32.4 Å². The number of aliphatic hydroxyl groups is 1. The predicted octanol–water partition coefficient (Wildman–Crippen LogP) is 3.24. The topological polar surface area (TPSA) is 82.3 Å². The Bertz CT molecular complexity index is 759. The minimum absolute atomic E-state index is 0.286. The van der Waals surface area contributed by atoms with E-state index < -0.39 is 11.6 Å². The van der Waals surface area contributed by atoms with Gasteiger partial charge in [0.25, 0.3) is 5.91 Å². The Hall–Kier alpha value is -2.84. The number of nitriles is 1. The lowest BCUT2D eigenvalue weighted by molar-refractivity contribution is 0.0709. The van der Waals surface area contributed by atoms with Gasteiger partial charge in [-0.05, 0) is 63.2 Å². The summed E-state index contributed by atoms with van der Waals surface area (Å²) in [5, 5.41) is 21.3. The third-order valence-corrected chi connectivity index (χ3v) is 3.80. The van der Waals surface area contributed by atoms with Crippen molar-refractivity contribution in [1.82, 2.24) is 5.32 Å². The number of carbonyl (C=O) groups excluding carboxylic acids is 1. The molecule has 2 rings (SSSR count). The van der Waals surface area contributed by atoms with Crippen LogP contribution in [0.2, 0.25) is 0 Å². The maximum Gasteiger partial charge on any atom is 0.251 e. The number of rotatable bonds is 5. The molecule has 124 valence electrons. The molecule has 1 amide bonds. The Morgan fingerprint density at radius 2 is 1.88 bits per heavy atom. The van der Waals surface area contributed by atoms with Crippen LogP contribution in [0.15, 0.2) is 48.5 Å². The molecule has 0 saturated heterocycles. The number of nitrogens with zero attached hydrogens (tertiary/aromatic N) is 1. The summed E-state index contributed by atoms with van der Waals surface area (Å²) in [5.41, 5.74) is 0.256. The van der Waals surface area contributed by atoms with E-state index in [-0.39, 0.29) is 5.91 Å². The SMILES string of the molecule is C[C@H](O)C(C)(C)NC(=O)c1cccc(Oc2ccc(C#N)cc2)c1. The quantitative estimate of drug-likeness (QED) is 0.884. The fraction of sp³-hybridized carbons (Fsp3) is 0.263. The second kappa shape index (κ2) is 7.16. The third-order valence-electron chi connectivity index (χ3n) is 3.80. The first-order valence-electron chi connectivity index (χ1n) is 7.60. The summed E-state index contributed by atoms with van der Waals surface area (Å²) in [4.78, 5) is 12.3. The molecule has 0 aromatic heterocycles. The zero-order valence-corrected chi connectivity index (χ0v) is 13.9. The van der Waals surface area contributed by atoms with Gasteiger partial charge in [-0.25, -0.2) is 0 Å². The molecule has 0 aliphatic heterocycles. The predicted molar refractivity (Wildman–Crippen MR) is 90.9 cm³/mol. The van der Waals surface area contributed by atoms with Gasteiger partial charge in [-0.2, -0.15) is 5.26 Å². The summed E-state index contributed by atoms with van der Waals surface area (Å²) < 4.78 is 5.71. The van der Waals surface area contributed by atoms with E-state index in [0.29, 0.717) is 22.6 Å². The van der Waals surface area contributed by atoms with Crippen molar-refractivity contribution in [3.05, 3.63) is 59.7 Å². The van der Waals surface area contributed by atoms with E-state index in [0.717, 1.165) is 0 Å². The van der Waals surface area contributed by atoms with Gasteiger partial charge < -0.3 is 15.2 Å². The Morgan fingerprint density at radius 1 is 1.21 bits per heavy atom. The van der Waals surface area contributed by atoms with Gasteiger partial charge in [0.1, 0.15) is 11.5 Å². The van der Waals surface area contributed by atoms with Crippen LogP contribution in [0.1, 0.15) is 36.7 Å². The number of aliphatic hydroxyl groups excluding tert-OH is 1. The number of nitrogens with one attached hydrogen (secondary N) is 1. The van der Waals surface area contributed by atoms with E-state index in [1.165, 1.54) is 0 Å². The smallest absolute Gasteiger partial charge is 0.251 e. The van der Waals surface area contributed by atoms with Gasteiger partial charge >= 0.3 is 0 Å². The van der Waals surface area contributed by atoms with Crippen molar-refractivity contribution in [1.29, 1.82) is 5.26 Å². The van der Waals surface area contributed by atoms with Gasteiger partial charge in [-0.15, -0.1) is 0 Å². The molecule has 1 atom stereocenters. The first-order valence-corrected chi connectivity index (χ1v) is 7.60. The first-order chi connectivity index (χ1) is 11.3. The number of amides is 1. The standard InChI is InChI=1S/C19H20N2O3/c1-13(22)19(2,3)21-18(23)15-5-4-6-17(11-15)24-16-9-7-14(12-20)8-10-16/h4-11,13,22H,1-3H3,(H,21,23)/t13-/m0/s1. The molecule has 2 aromatic rings. The molecule has 5 heteroatoms. The fourth-order valence-electron chi connectivity index (χ4n) is 1.90. The van der Waals surface area contributed by atoms with Crippen molar-refractivity contribution >= 4 is 5.91 Å². The number of ether oxygens (including phenoxy) is 1. The average Bonchev–Trinajstić information content (AvgIpc) is 2.55. The Kier molecular flexibility index (Phi) is 5.22. The van der Waals surface area contributed by atoms with E-state index in [1.807, 2.05) is 6.07 Å². The molecule has 2 aromatic carbocycles. The summed E-state index contributed by atoms with van der Waals surface area (Å²) in [5.74, 6) is 0.809. The summed E-state index contributed by atoms with van der Waals surface area (Å²) in [6.07, 6.45) is -0.681. The number of hydrogen-bond acceptors (Lipinski definition) is 4. The van der Waals surface area contributed by atoms with E-state index >= 15 is 0 Å². The van der Waals surface area contributed by atoms with Crippen LogP contribution in [0.4, 0.5) is 0 Å². The molecule has 0 heterocycles. The highest BCUT2D eigenvalue weighted by molar-refractivity contribution is 5.95. The Balaban J connectivity index is 2.13. The van der Waals surface area contributed by atoms with Gasteiger partial charge in [0, 0.05) is 5.56 Å². The maximum atomic E-state index is 12.3. The molecule has 0 aliphatic rings. The van der Waals surface area contributed by atoms with Crippen LogP contribution in [-0.4, -0.2) is 22.7 Å². The number of carbonyl (C=O) groups is 1. The molecule has 24 heavy (non-hydrogen) atoms. The van der Waals surface area contributed by atoms with Gasteiger partial charge in [0.15, 0.2) is 0 Å². The van der Waals surface area contributed by atoms with Gasteiger partial charge in [-0.3, -0.25) is 4.79 Å². The highest BCUT2D eigenvalue weighted by Crippen LogP contribution is 2.23. The second-order valence-electron chi connectivity index (χ2n) is 6.12. The molecule has 0 fully saturated rings. The van der Waals surface area contributed by atoms with Gasteiger partial charge in [0.05, 0.1) is 23.3 Å². The molecule has 0 spiro atoms. The van der Waals surface area contributed by atoms with Crippen LogP contribution in [0.3, 0.4) is 0 Å². The molecule has 5 nitrogen and oxygen atoms in total. The third kappa shape index (κ3) is 4.34. The second-order valence-corrected chi connectivity index (χ2v) is 6.12. The number of benzene rings is 2. The lowest BCUT2D eigenvalue weighted by Crippen LogP contribution is -2.50. The van der Waals surface area contributed by atoms with E-state index in [4.69, 9.17) is 10.00 Å². The van der Waals surface area contributed by atoms with Crippen LogP contribution in [0, 0.1) is 11.3 Å². The highest BCUT2D eigenvalue weighted by Gasteiger charge is 2.26. The van der Waals surface area contributed by atoms with Crippen LogP contribution in [0.5, 0.6) is 11.5 Å². The first kappa shape index (κ1) is 17.5. The minimum atomic E-state index is -0.735. The van der Waals surface area contributed by atoms with E-state index in [2.05, 4.69) is 5.32 Å². The summed E-state index contributed by atoms with van der Waals surface area (Å²) in [7, 11) is 0. The van der Waals surface area contributed by atoms with Crippen LogP contribution in [-0.2, 0) is 0 Å². The van der Waals surface area contributed by atoms with Crippen LogP contribution < -0.4 is 10.1 Å². The normalized spacial score (nSPS) is 12.1. The van der Waals surface area contributed by atoms with Crippen molar-refractivity contribution in [3.63, 3.8) is 0 Å². The van der Waals surface area contributed by atoms with Crippen molar-refractivity contribution in [2.75, 3.05) is 0 Å².